The van der Waals surface area contributed by atoms with Gasteiger partial charge in [0.1, 0.15) is 5.82 Å². The number of nitrogens with zero attached hydrogens (tertiary/aromatic N) is 1. The molecule has 1 aliphatic rings. The quantitative estimate of drug-likeness (QED) is 0.855. The fraction of sp³-hybridized carbons (Fsp3) is 0.417. The fourth-order valence-electron chi connectivity index (χ4n) is 1.80. The number of halogens is 2. The third-order valence-electron chi connectivity index (χ3n) is 2.74. The Morgan fingerprint density at radius 1 is 1.39 bits per heavy atom. The summed E-state index contributed by atoms with van der Waals surface area (Å²) in [6.07, 6.45) is 0. The Balaban J connectivity index is 0.00000162. The first-order chi connectivity index (χ1) is 8.25. The van der Waals surface area contributed by atoms with E-state index in [4.69, 9.17) is 0 Å². The van der Waals surface area contributed by atoms with Gasteiger partial charge in [0.25, 0.3) is 0 Å². The van der Waals surface area contributed by atoms with Gasteiger partial charge >= 0.3 is 6.03 Å². The highest BCUT2D eigenvalue weighted by Crippen LogP contribution is 2.03. The first-order valence-electron chi connectivity index (χ1n) is 5.73. The number of hydrogen-bond acceptors (Lipinski definition) is 2. The van der Waals surface area contributed by atoms with Crippen LogP contribution in [0, 0.1) is 5.82 Å². The molecule has 2 amide bonds. The van der Waals surface area contributed by atoms with Crippen molar-refractivity contribution in [2.75, 3.05) is 26.2 Å². The van der Waals surface area contributed by atoms with Crippen LogP contribution >= 0.6 is 12.4 Å². The molecule has 0 unspecified atom stereocenters. The summed E-state index contributed by atoms with van der Waals surface area (Å²) in [4.78, 5) is 13.5. The maximum atomic E-state index is 12.9. The molecule has 4 nitrogen and oxygen atoms in total. The molecule has 1 fully saturated rings. The van der Waals surface area contributed by atoms with Gasteiger partial charge in [-0.05, 0) is 17.7 Å². The highest BCUT2D eigenvalue weighted by Gasteiger charge is 2.15. The smallest absolute Gasteiger partial charge is 0.317 e. The van der Waals surface area contributed by atoms with Crippen LogP contribution in [0.4, 0.5) is 9.18 Å². The van der Waals surface area contributed by atoms with Crippen molar-refractivity contribution in [1.29, 1.82) is 0 Å². The van der Waals surface area contributed by atoms with E-state index in [0.29, 0.717) is 6.54 Å². The van der Waals surface area contributed by atoms with E-state index < -0.39 is 0 Å². The summed E-state index contributed by atoms with van der Waals surface area (Å²) in [5.41, 5.74) is 0.772. The number of carbonyl (C=O) groups excluding carboxylic acids is 1. The standard InChI is InChI=1S/C12H16FN3O.ClH/c13-11-3-1-2-10(8-11)9-15-12(17)16-6-4-14-5-7-16;/h1-3,8,14H,4-7,9H2,(H,15,17);1H. The van der Waals surface area contributed by atoms with Gasteiger partial charge in [-0.2, -0.15) is 0 Å². The van der Waals surface area contributed by atoms with Crippen LogP contribution in [0.2, 0.25) is 0 Å². The van der Waals surface area contributed by atoms with Crippen molar-refractivity contribution in [2.45, 2.75) is 6.54 Å². The Morgan fingerprint density at radius 3 is 2.78 bits per heavy atom. The minimum Gasteiger partial charge on any atom is -0.334 e. The molecule has 6 heteroatoms. The minimum absolute atomic E-state index is 0. The van der Waals surface area contributed by atoms with Crippen LogP contribution in [0.5, 0.6) is 0 Å². The van der Waals surface area contributed by atoms with Gasteiger partial charge in [0.2, 0.25) is 0 Å². The molecule has 2 N–H and O–H groups in total. The number of rotatable bonds is 2. The molecule has 1 aliphatic heterocycles. The van der Waals surface area contributed by atoms with Crippen LogP contribution in [0.3, 0.4) is 0 Å². The average molecular weight is 274 g/mol. The Kier molecular flexibility index (Phi) is 5.88. The second-order valence-corrected chi connectivity index (χ2v) is 4.03. The predicted octanol–water partition coefficient (Wildman–Crippen LogP) is 1.36. The van der Waals surface area contributed by atoms with Gasteiger partial charge in [-0.25, -0.2) is 9.18 Å². The summed E-state index contributed by atoms with van der Waals surface area (Å²) in [6.45, 7) is 3.45. The Labute approximate surface area is 112 Å². The number of hydrogen-bond donors (Lipinski definition) is 2. The topological polar surface area (TPSA) is 44.4 Å². The molecule has 100 valence electrons. The molecule has 0 bridgehead atoms. The molecule has 1 heterocycles. The number of piperazine rings is 1. The van der Waals surface area contributed by atoms with E-state index in [2.05, 4.69) is 10.6 Å². The first kappa shape index (κ1) is 14.7. The molecule has 0 aromatic heterocycles. The summed E-state index contributed by atoms with van der Waals surface area (Å²) in [6, 6.07) is 6.17. The summed E-state index contributed by atoms with van der Waals surface area (Å²) in [5, 5.41) is 5.97. The van der Waals surface area contributed by atoms with Crippen molar-refractivity contribution in [3.63, 3.8) is 0 Å². The second-order valence-electron chi connectivity index (χ2n) is 4.03. The van der Waals surface area contributed by atoms with E-state index in [-0.39, 0.29) is 24.3 Å². The summed E-state index contributed by atoms with van der Waals surface area (Å²) < 4.78 is 12.9. The maximum absolute atomic E-state index is 12.9. The second kappa shape index (κ2) is 7.18. The van der Waals surface area contributed by atoms with Crippen LogP contribution in [-0.4, -0.2) is 37.1 Å². The molecule has 0 saturated carbocycles. The molecule has 1 saturated heterocycles. The SMILES string of the molecule is Cl.O=C(NCc1cccc(F)c1)N1CCNCC1. The lowest BCUT2D eigenvalue weighted by Gasteiger charge is -2.27. The molecule has 2 rings (SSSR count). The van der Waals surface area contributed by atoms with Crippen LogP contribution < -0.4 is 10.6 Å². The summed E-state index contributed by atoms with van der Waals surface area (Å²) in [5.74, 6) is -0.279. The molecular weight excluding hydrogens is 257 g/mol. The van der Waals surface area contributed by atoms with Crippen molar-refractivity contribution in [1.82, 2.24) is 15.5 Å². The fourth-order valence-corrected chi connectivity index (χ4v) is 1.80. The molecule has 0 atom stereocenters. The Hall–Kier alpha value is -1.33. The van der Waals surface area contributed by atoms with Crippen LogP contribution in [0.25, 0.3) is 0 Å². The minimum atomic E-state index is -0.279. The van der Waals surface area contributed by atoms with Gasteiger partial charge < -0.3 is 15.5 Å². The lowest BCUT2D eigenvalue weighted by Crippen LogP contribution is -2.50. The molecule has 0 spiro atoms. The van der Waals surface area contributed by atoms with Crippen molar-refractivity contribution in [3.8, 4) is 0 Å². The maximum Gasteiger partial charge on any atom is 0.317 e. The number of benzene rings is 1. The van der Waals surface area contributed by atoms with Crippen molar-refractivity contribution in [3.05, 3.63) is 35.6 Å². The normalized spacial score (nSPS) is 14.8. The molecule has 0 aliphatic carbocycles. The monoisotopic (exact) mass is 273 g/mol. The van der Waals surface area contributed by atoms with Crippen molar-refractivity contribution >= 4 is 18.4 Å². The van der Waals surface area contributed by atoms with Gasteiger partial charge in [-0.3, -0.25) is 0 Å². The van der Waals surface area contributed by atoms with Crippen LogP contribution in [0.15, 0.2) is 24.3 Å². The number of nitrogens with one attached hydrogen (secondary N) is 2. The van der Waals surface area contributed by atoms with E-state index >= 15 is 0 Å². The van der Waals surface area contributed by atoms with Gasteiger partial charge in [-0.1, -0.05) is 12.1 Å². The third kappa shape index (κ3) is 4.16. The van der Waals surface area contributed by atoms with E-state index in [1.807, 2.05) is 0 Å². The van der Waals surface area contributed by atoms with Crippen LogP contribution in [0.1, 0.15) is 5.56 Å². The van der Waals surface area contributed by atoms with E-state index in [1.54, 1.807) is 17.0 Å². The lowest BCUT2D eigenvalue weighted by molar-refractivity contribution is 0.189. The summed E-state index contributed by atoms with van der Waals surface area (Å²) >= 11 is 0. The average Bonchev–Trinajstić information content (AvgIpc) is 2.37. The highest BCUT2D eigenvalue weighted by molar-refractivity contribution is 5.85. The molecular formula is C12H17ClFN3O. The van der Waals surface area contributed by atoms with Crippen molar-refractivity contribution < 1.29 is 9.18 Å². The van der Waals surface area contributed by atoms with Gasteiger partial charge in [0.05, 0.1) is 0 Å². The first-order valence-corrected chi connectivity index (χ1v) is 5.73. The van der Waals surface area contributed by atoms with Gasteiger partial charge in [-0.15, -0.1) is 12.4 Å². The van der Waals surface area contributed by atoms with Gasteiger partial charge in [0.15, 0.2) is 0 Å². The number of carbonyl (C=O) groups is 1. The van der Waals surface area contributed by atoms with Crippen LogP contribution in [-0.2, 0) is 6.54 Å². The highest BCUT2D eigenvalue weighted by atomic mass is 35.5. The Morgan fingerprint density at radius 2 is 2.11 bits per heavy atom. The van der Waals surface area contributed by atoms with E-state index in [1.165, 1.54) is 12.1 Å². The number of amides is 2. The third-order valence-corrected chi connectivity index (χ3v) is 2.74. The molecule has 1 aromatic rings. The zero-order chi connectivity index (χ0) is 12.1. The lowest BCUT2D eigenvalue weighted by atomic mass is 10.2. The van der Waals surface area contributed by atoms with E-state index in [0.717, 1.165) is 31.7 Å². The zero-order valence-corrected chi connectivity index (χ0v) is 10.8. The molecule has 1 aromatic carbocycles. The summed E-state index contributed by atoms with van der Waals surface area (Å²) in [7, 11) is 0. The molecule has 0 radical (unpaired) electrons. The largest absolute Gasteiger partial charge is 0.334 e. The van der Waals surface area contributed by atoms with Gasteiger partial charge in [0, 0.05) is 32.7 Å². The molecule has 18 heavy (non-hydrogen) atoms. The van der Waals surface area contributed by atoms with E-state index in [9.17, 15) is 9.18 Å². The number of urea groups is 1. The zero-order valence-electron chi connectivity index (χ0n) is 9.99. The van der Waals surface area contributed by atoms with Crippen molar-refractivity contribution in [2.24, 2.45) is 0 Å². The Bertz CT molecular complexity index is 397. The predicted molar refractivity (Wildman–Crippen MR) is 70.3 cm³/mol.